The second-order valence-electron chi connectivity index (χ2n) is 7.36. The van der Waals surface area contributed by atoms with Gasteiger partial charge in [0.25, 0.3) is 0 Å². The predicted octanol–water partition coefficient (Wildman–Crippen LogP) is 3.75. The summed E-state index contributed by atoms with van der Waals surface area (Å²) in [6, 6.07) is 8.21. The lowest BCUT2D eigenvalue weighted by atomic mass is 10.1. The summed E-state index contributed by atoms with van der Waals surface area (Å²) in [6.07, 6.45) is 4.62. The van der Waals surface area contributed by atoms with E-state index in [0.717, 1.165) is 61.2 Å². The number of hydrogen-bond acceptors (Lipinski definition) is 6. The smallest absolute Gasteiger partial charge is 0.222 e. The first-order chi connectivity index (χ1) is 13.6. The van der Waals surface area contributed by atoms with Crippen molar-refractivity contribution < 1.29 is 9.53 Å². The Bertz CT molecular complexity index is 779. The molecule has 1 aliphatic rings. The molecule has 1 aromatic heterocycles. The van der Waals surface area contributed by atoms with Gasteiger partial charge in [-0.05, 0) is 31.0 Å². The van der Waals surface area contributed by atoms with Crippen LogP contribution in [0.2, 0.25) is 0 Å². The first-order valence-electron chi connectivity index (χ1n) is 10.1. The van der Waals surface area contributed by atoms with Crippen LogP contribution in [0.4, 0.5) is 5.13 Å². The summed E-state index contributed by atoms with van der Waals surface area (Å²) in [6.45, 7) is 6.68. The van der Waals surface area contributed by atoms with Gasteiger partial charge in [-0.25, -0.2) is 4.98 Å². The van der Waals surface area contributed by atoms with Gasteiger partial charge in [0.1, 0.15) is 11.6 Å². The highest BCUT2D eigenvalue weighted by Gasteiger charge is 2.28. The van der Waals surface area contributed by atoms with Crippen LogP contribution in [0.25, 0.3) is 0 Å². The minimum Gasteiger partial charge on any atom is -0.497 e. The first-order valence-corrected chi connectivity index (χ1v) is 10.9. The van der Waals surface area contributed by atoms with Crippen molar-refractivity contribution in [2.45, 2.75) is 52.0 Å². The molecule has 1 aromatic carbocycles. The van der Waals surface area contributed by atoms with Crippen molar-refractivity contribution >= 4 is 22.6 Å². The van der Waals surface area contributed by atoms with Crippen LogP contribution in [0.5, 0.6) is 5.75 Å². The Kier molecular flexibility index (Phi) is 7.25. The number of anilines is 1. The largest absolute Gasteiger partial charge is 0.497 e. The van der Waals surface area contributed by atoms with Gasteiger partial charge in [0.05, 0.1) is 7.11 Å². The Morgan fingerprint density at radius 3 is 2.93 bits per heavy atom. The number of amides is 1. The number of benzene rings is 1. The van der Waals surface area contributed by atoms with Crippen molar-refractivity contribution in [2.75, 3.05) is 31.6 Å². The number of methoxy groups -OCH3 is 1. The van der Waals surface area contributed by atoms with Gasteiger partial charge in [0.2, 0.25) is 11.0 Å². The number of nitrogens with zero attached hydrogens (tertiary/aromatic N) is 4. The maximum Gasteiger partial charge on any atom is 0.222 e. The number of piperazine rings is 1. The van der Waals surface area contributed by atoms with Crippen LogP contribution in [-0.4, -0.2) is 53.0 Å². The van der Waals surface area contributed by atoms with Crippen molar-refractivity contribution in [3.05, 3.63) is 35.7 Å². The third-order valence-electron chi connectivity index (χ3n) is 5.17. The van der Waals surface area contributed by atoms with E-state index in [9.17, 15) is 4.79 Å². The highest BCUT2D eigenvalue weighted by atomic mass is 32.1. The molecule has 0 radical (unpaired) electrons. The van der Waals surface area contributed by atoms with E-state index in [0.29, 0.717) is 12.8 Å². The summed E-state index contributed by atoms with van der Waals surface area (Å²) in [7, 11) is 1.67. The number of ether oxygens (including phenoxy) is 1. The molecule has 152 valence electrons. The minimum atomic E-state index is 0.202. The maximum atomic E-state index is 12.5. The number of unbranched alkanes of at least 4 members (excludes halogenated alkanes) is 2. The van der Waals surface area contributed by atoms with E-state index in [-0.39, 0.29) is 11.9 Å². The van der Waals surface area contributed by atoms with Gasteiger partial charge >= 0.3 is 0 Å². The maximum absolute atomic E-state index is 12.5. The van der Waals surface area contributed by atoms with Crippen LogP contribution in [0, 0.1) is 0 Å². The predicted molar refractivity (Wildman–Crippen MR) is 113 cm³/mol. The highest BCUT2D eigenvalue weighted by molar-refractivity contribution is 7.09. The van der Waals surface area contributed by atoms with E-state index in [1.165, 1.54) is 11.5 Å². The Labute approximate surface area is 171 Å². The molecule has 6 nitrogen and oxygen atoms in total. The molecule has 1 saturated heterocycles. The Balaban J connectivity index is 1.56. The van der Waals surface area contributed by atoms with E-state index >= 15 is 0 Å². The normalized spacial score (nSPS) is 17.0. The molecule has 2 aromatic rings. The second kappa shape index (κ2) is 9.87. The molecule has 0 N–H and O–H groups in total. The molecule has 2 heterocycles. The zero-order chi connectivity index (χ0) is 19.9. The molecule has 0 bridgehead atoms. The molecule has 1 atom stereocenters. The van der Waals surface area contributed by atoms with Gasteiger partial charge in [0, 0.05) is 50.1 Å². The van der Waals surface area contributed by atoms with Gasteiger partial charge in [-0.15, -0.1) is 0 Å². The van der Waals surface area contributed by atoms with Gasteiger partial charge < -0.3 is 14.5 Å². The fourth-order valence-corrected chi connectivity index (χ4v) is 4.30. The van der Waals surface area contributed by atoms with E-state index < -0.39 is 0 Å². The monoisotopic (exact) mass is 402 g/mol. The molecule has 7 heteroatoms. The number of rotatable bonds is 8. The molecule has 0 saturated carbocycles. The number of carbonyl (C=O) groups is 1. The topological polar surface area (TPSA) is 58.6 Å². The molecule has 1 unspecified atom stereocenters. The van der Waals surface area contributed by atoms with E-state index in [1.807, 2.05) is 23.1 Å². The SMILES string of the molecule is CCCCCC(=O)N1CCN(c2nc(Cc3cccc(OC)c3)ns2)CC1C. The molecule has 3 rings (SSSR count). The Hall–Kier alpha value is -2.15. The lowest BCUT2D eigenvalue weighted by Crippen LogP contribution is -2.54. The first kappa shape index (κ1) is 20.6. The molecule has 0 aliphatic carbocycles. The van der Waals surface area contributed by atoms with Crippen molar-refractivity contribution in [1.82, 2.24) is 14.3 Å². The van der Waals surface area contributed by atoms with Gasteiger partial charge in [0.15, 0.2) is 0 Å². The van der Waals surface area contributed by atoms with E-state index in [1.54, 1.807) is 7.11 Å². The molecule has 1 aliphatic heterocycles. The summed E-state index contributed by atoms with van der Waals surface area (Å²) >= 11 is 1.44. The average Bonchev–Trinajstić information content (AvgIpc) is 3.16. The number of aromatic nitrogens is 2. The number of hydrogen-bond donors (Lipinski definition) is 0. The summed E-state index contributed by atoms with van der Waals surface area (Å²) in [5.74, 6) is 1.97. The standard InChI is InChI=1S/C21H30N4O2S/c1-4-5-6-10-20(26)25-12-11-24(15-16(25)2)21-22-19(23-28-21)14-17-8-7-9-18(13-17)27-3/h7-9,13,16H,4-6,10-12,14-15H2,1-3H3. The van der Waals surface area contributed by atoms with Crippen LogP contribution in [0.3, 0.4) is 0 Å². The van der Waals surface area contributed by atoms with Gasteiger partial charge in [-0.1, -0.05) is 31.9 Å². The van der Waals surface area contributed by atoms with E-state index in [4.69, 9.17) is 9.72 Å². The van der Waals surface area contributed by atoms with Crippen LogP contribution in [0.15, 0.2) is 24.3 Å². The average molecular weight is 403 g/mol. The zero-order valence-corrected chi connectivity index (χ0v) is 17.9. The Morgan fingerprint density at radius 1 is 1.32 bits per heavy atom. The summed E-state index contributed by atoms with van der Waals surface area (Å²) in [5.41, 5.74) is 1.14. The highest BCUT2D eigenvalue weighted by Crippen LogP contribution is 2.23. The second-order valence-corrected chi connectivity index (χ2v) is 8.09. The third-order valence-corrected chi connectivity index (χ3v) is 5.98. The van der Waals surface area contributed by atoms with Crippen LogP contribution in [0.1, 0.15) is 50.9 Å². The Morgan fingerprint density at radius 2 is 2.18 bits per heavy atom. The van der Waals surface area contributed by atoms with Crippen molar-refractivity contribution in [3.63, 3.8) is 0 Å². The van der Waals surface area contributed by atoms with Crippen molar-refractivity contribution in [1.29, 1.82) is 0 Å². The fourth-order valence-electron chi connectivity index (χ4n) is 3.58. The van der Waals surface area contributed by atoms with Crippen molar-refractivity contribution in [3.8, 4) is 5.75 Å². The van der Waals surface area contributed by atoms with Gasteiger partial charge in [-0.2, -0.15) is 4.37 Å². The summed E-state index contributed by atoms with van der Waals surface area (Å²) in [5, 5.41) is 0.947. The molecule has 1 fully saturated rings. The lowest BCUT2D eigenvalue weighted by Gasteiger charge is -2.39. The van der Waals surface area contributed by atoms with Gasteiger partial charge in [-0.3, -0.25) is 4.79 Å². The molecule has 1 amide bonds. The minimum absolute atomic E-state index is 0.202. The third kappa shape index (κ3) is 5.22. The van der Waals surface area contributed by atoms with Crippen LogP contribution >= 0.6 is 11.5 Å². The zero-order valence-electron chi connectivity index (χ0n) is 17.1. The summed E-state index contributed by atoms with van der Waals surface area (Å²) in [4.78, 5) is 21.5. The molecule has 0 spiro atoms. The summed E-state index contributed by atoms with van der Waals surface area (Å²) < 4.78 is 9.83. The molecular weight excluding hydrogens is 372 g/mol. The molecule has 28 heavy (non-hydrogen) atoms. The van der Waals surface area contributed by atoms with Crippen LogP contribution < -0.4 is 9.64 Å². The van der Waals surface area contributed by atoms with Crippen LogP contribution in [-0.2, 0) is 11.2 Å². The lowest BCUT2D eigenvalue weighted by molar-refractivity contribution is -0.133. The fraction of sp³-hybridized carbons (Fsp3) is 0.571. The molecular formula is C21H30N4O2S. The number of carbonyl (C=O) groups excluding carboxylic acids is 1. The van der Waals surface area contributed by atoms with E-state index in [2.05, 4.69) is 29.2 Å². The quantitative estimate of drug-likeness (QED) is 0.629. The van der Waals surface area contributed by atoms with Crippen molar-refractivity contribution in [2.24, 2.45) is 0 Å².